The minimum Gasteiger partial charge on any atom is -0.394 e. The minimum absolute atomic E-state index is 0.706. The Hall–Kier alpha value is -2.51. The summed E-state index contributed by atoms with van der Waals surface area (Å²) in [5, 5.41) is 155. The average molecular weight is 952 g/mol. The van der Waals surface area contributed by atoms with E-state index in [0.717, 1.165) is 20.8 Å². The summed E-state index contributed by atoms with van der Waals surface area (Å²) in [6, 6.07) is -4.70. The Labute approximate surface area is 369 Å². The van der Waals surface area contributed by atoms with E-state index >= 15 is 0 Å². The van der Waals surface area contributed by atoms with Gasteiger partial charge in [0.1, 0.15) is 122 Å². The number of ether oxygens (including phenoxy) is 9. The molecular weight excluding hydrogens is 890 g/mol. The fourth-order valence-electron chi connectivity index (χ4n) is 8.14. The van der Waals surface area contributed by atoms with Crippen molar-refractivity contribution in [2.24, 2.45) is 0 Å². The zero-order chi connectivity index (χ0) is 48.2. The molecule has 0 bridgehead atoms. The molecule has 29 nitrogen and oxygen atoms in total. The molecule has 29 heteroatoms. The molecule has 1 unspecified atom stereocenters. The third-order valence-electron chi connectivity index (χ3n) is 11.5. The summed E-state index contributed by atoms with van der Waals surface area (Å²) in [6.07, 6.45) is -39.1. The van der Waals surface area contributed by atoms with Crippen LogP contribution in [0.4, 0.5) is 0 Å². The lowest BCUT2D eigenvalue weighted by Crippen LogP contribution is -2.69. The first-order valence-electron chi connectivity index (χ1n) is 20.6. The first kappa shape index (κ1) is 53.4. The summed E-state index contributed by atoms with van der Waals surface area (Å²) in [5.41, 5.74) is 0. The molecule has 5 fully saturated rings. The number of hydrogen-bond donors (Lipinski definition) is 17. The number of amides is 3. The fraction of sp³-hybridized carbons (Fsp3) is 0.917. The van der Waals surface area contributed by atoms with Gasteiger partial charge in [-0.05, 0) is 0 Å². The highest BCUT2D eigenvalue weighted by Gasteiger charge is 2.56. The van der Waals surface area contributed by atoms with Gasteiger partial charge >= 0.3 is 0 Å². The molecule has 5 saturated heterocycles. The van der Waals surface area contributed by atoms with Crippen molar-refractivity contribution >= 4 is 17.7 Å². The summed E-state index contributed by atoms with van der Waals surface area (Å²) in [4.78, 5) is 36.4. The molecule has 5 rings (SSSR count). The van der Waals surface area contributed by atoms with Gasteiger partial charge < -0.3 is 130 Å². The van der Waals surface area contributed by atoms with Gasteiger partial charge in [-0.1, -0.05) is 0 Å². The summed E-state index contributed by atoms with van der Waals surface area (Å²) in [6.45, 7) is -1.11. The van der Waals surface area contributed by atoms with E-state index in [1.54, 1.807) is 0 Å². The zero-order valence-corrected chi connectivity index (χ0v) is 35.1. The van der Waals surface area contributed by atoms with Gasteiger partial charge in [0.2, 0.25) is 17.7 Å². The van der Waals surface area contributed by atoms with Crippen molar-refractivity contribution in [1.29, 1.82) is 0 Å². The van der Waals surface area contributed by atoms with Crippen LogP contribution in [0, 0.1) is 0 Å². The van der Waals surface area contributed by atoms with E-state index in [-0.39, 0.29) is 0 Å². The van der Waals surface area contributed by atoms with Crippen LogP contribution in [0.3, 0.4) is 0 Å². The van der Waals surface area contributed by atoms with Crippen molar-refractivity contribution in [3.8, 4) is 0 Å². The molecule has 65 heavy (non-hydrogen) atoms. The van der Waals surface area contributed by atoms with E-state index in [0.29, 0.717) is 0 Å². The van der Waals surface area contributed by atoms with Crippen LogP contribution >= 0.6 is 0 Å². The highest BCUT2D eigenvalue weighted by atomic mass is 16.8. The van der Waals surface area contributed by atoms with Gasteiger partial charge in [0.15, 0.2) is 31.5 Å². The monoisotopic (exact) mass is 951 g/mol. The van der Waals surface area contributed by atoms with Crippen molar-refractivity contribution in [3.05, 3.63) is 0 Å². The first-order valence-corrected chi connectivity index (χ1v) is 20.6. The number of carbonyl (C=O) groups is 3. The van der Waals surface area contributed by atoms with Crippen molar-refractivity contribution < 1.29 is 129 Å². The van der Waals surface area contributed by atoms with Gasteiger partial charge in [-0.2, -0.15) is 0 Å². The lowest BCUT2D eigenvalue weighted by Gasteiger charge is -2.49. The molecule has 0 saturated carbocycles. The maximum Gasteiger partial charge on any atom is 0.217 e. The van der Waals surface area contributed by atoms with Gasteiger partial charge in [0.25, 0.3) is 0 Å². The first-order chi connectivity index (χ1) is 30.7. The van der Waals surface area contributed by atoms with E-state index < -0.39 is 204 Å². The van der Waals surface area contributed by atoms with Crippen LogP contribution in [-0.2, 0) is 57.0 Å². The SMILES string of the molecule is CC(=O)N[C@H]1[C@H](OC[C@H]2OC(O)[C@H](NC(C)=O)[C@@H](O[C@@H]3O[C@H](CO)[C@H](O[C@@H]4O[C@H](CO)[C@@H](O)[C@H](O)[C@H]4NC(C)=O)[C@H](O)[C@H]3O)[C@H]2O)O[C@H](CO)[C@@H](O[C@@H]2O[C@H](CO)[C@H](O)[C@H](O)[C@H]2O)[C@@H]1O. The lowest BCUT2D eigenvalue weighted by molar-refractivity contribution is -0.367. The molecule has 5 aliphatic heterocycles. The Morgan fingerprint density at radius 1 is 0.400 bits per heavy atom. The van der Waals surface area contributed by atoms with E-state index in [4.69, 9.17) is 42.6 Å². The number of aliphatic hydroxyl groups is 14. The Morgan fingerprint density at radius 2 is 0.800 bits per heavy atom. The molecule has 0 aliphatic carbocycles. The molecular formula is C36H61N3O26. The quantitative estimate of drug-likeness (QED) is 0.0683. The lowest BCUT2D eigenvalue weighted by atomic mass is 9.94. The highest BCUT2D eigenvalue weighted by Crippen LogP contribution is 2.34. The van der Waals surface area contributed by atoms with E-state index in [1.807, 2.05) is 0 Å². The van der Waals surface area contributed by atoms with Crippen molar-refractivity contribution in [2.75, 3.05) is 33.0 Å². The number of hydrogen-bond acceptors (Lipinski definition) is 26. The predicted molar refractivity (Wildman–Crippen MR) is 201 cm³/mol. The summed E-state index contributed by atoms with van der Waals surface area (Å²) in [5.74, 6) is -2.22. The molecule has 25 atom stereocenters. The third kappa shape index (κ3) is 12.0. The van der Waals surface area contributed by atoms with Gasteiger partial charge in [-0.25, -0.2) is 0 Å². The maximum atomic E-state index is 12.3. The van der Waals surface area contributed by atoms with Gasteiger partial charge in [-0.3, -0.25) is 14.4 Å². The van der Waals surface area contributed by atoms with E-state index in [9.17, 15) is 85.9 Å². The Balaban J connectivity index is 1.31. The Kier molecular flexibility index (Phi) is 19.1. The number of nitrogens with one attached hydrogen (secondary N) is 3. The van der Waals surface area contributed by atoms with Crippen molar-refractivity contribution in [2.45, 2.75) is 174 Å². The van der Waals surface area contributed by atoms with Gasteiger partial charge in [0.05, 0.1) is 33.0 Å². The molecule has 17 N–H and O–H groups in total. The van der Waals surface area contributed by atoms with Crippen LogP contribution in [0.2, 0.25) is 0 Å². The molecule has 0 aromatic heterocycles. The topological polar surface area (TPSA) is 454 Å². The molecule has 5 aliphatic rings. The molecule has 0 aromatic carbocycles. The second-order valence-corrected chi connectivity index (χ2v) is 16.2. The van der Waals surface area contributed by atoms with Crippen LogP contribution < -0.4 is 16.0 Å². The molecule has 3 amide bonds. The van der Waals surface area contributed by atoms with Crippen LogP contribution in [0.5, 0.6) is 0 Å². The third-order valence-corrected chi connectivity index (χ3v) is 11.5. The summed E-state index contributed by atoms with van der Waals surface area (Å²) in [7, 11) is 0. The Bertz CT molecular complexity index is 1550. The van der Waals surface area contributed by atoms with E-state index in [1.165, 1.54) is 0 Å². The second kappa shape index (κ2) is 23.2. The van der Waals surface area contributed by atoms with E-state index in [2.05, 4.69) is 16.0 Å². The fourth-order valence-corrected chi connectivity index (χ4v) is 8.14. The van der Waals surface area contributed by atoms with Crippen molar-refractivity contribution in [3.63, 3.8) is 0 Å². The van der Waals surface area contributed by atoms with Crippen LogP contribution in [0.15, 0.2) is 0 Å². The highest BCUT2D eigenvalue weighted by molar-refractivity contribution is 5.74. The number of aliphatic hydroxyl groups excluding tert-OH is 14. The summed E-state index contributed by atoms with van der Waals surface area (Å²) < 4.78 is 51.1. The minimum atomic E-state index is -2.13. The normalized spacial score (nSPS) is 47.1. The smallest absolute Gasteiger partial charge is 0.217 e. The second-order valence-electron chi connectivity index (χ2n) is 16.2. The van der Waals surface area contributed by atoms with Crippen LogP contribution in [0.25, 0.3) is 0 Å². The zero-order valence-electron chi connectivity index (χ0n) is 35.1. The maximum absolute atomic E-state index is 12.3. The summed E-state index contributed by atoms with van der Waals surface area (Å²) >= 11 is 0. The van der Waals surface area contributed by atoms with Gasteiger partial charge in [-0.15, -0.1) is 0 Å². The molecule has 0 radical (unpaired) electrons. The predicted octanol–water partition coefficient (Wildman–Crippen LogP) is -11.5. The van der Waals surface area contributed by atoms with Crippen LogP contribution in [0.1, 0.15) is 20.8 Å². The van der Waals surface area contributed by atoms with Gasteiger partial charge in [0, 0.05) is 20.8 Å². The van der Waals surface area contributed by atoms with Crippen LogP contribution in [-0.4, -0.2) is 276 Å². The Morgan fingerprint density at radius 3 is 1.32 bits per heavy atom. The molecule has 5 heterocycles. The van der Waals surface area contributed by atoms with Crippen molar-refractivity contribution in [1.82, 2.24) is 16.0 Å². The molecule has 0 aromatic rings. The number of carbonyl (C=O) groups excluding carboxylic acids is 3. The molecule has 0 spiro atoms. The largest absolute Gasteiger partial charge is 0.394 e. The number of rotatable bonds is 16. The average Bonchev–Trinajstić information content (AvgIpc) is 3.26. The standard InChI is InChI=1S/C36H61N3O26/c1-9(44)37-17-23(50)20(47)12(4-40)59-34(17)63-30-15(7-43)62-36(28(55)26(30)53)65-31-19(39-11(3)46)32(56)58-16(22(31)49)8-57-33-18(38-10(2)45)24(51)29(14(6-42)61-33)64-35-27(54)25(52)21(48)13(5-41)60-35/h12-36,40-43,47-56H,4-8H2,1-3H3,(H,37,44)(H,38,45)(H,39,46)/t12-,13-,14-,15-,16-,17-,18-,19-,20-,21+,22+,23-,24-,25+,26-,27-,28-,29-,30+,31-,32?,33-,34+,35+,36+/m1/s1. The molecule has 376 valence electrons.